The van der Waals surface area contributed by atoms with Gasteiger partial charge in [-0.25, -0.2) is 0 Å². The van der Waals surface area contributed by atoms with Crippen molar-refractivity contribution in [2.75, 3.05) is 33.2 Å². The maximum atomic E-state index is 12.3. The van der Waals surface area contributed by atoms with Gasteiger partial charge in [-0.3, -0.25) is 4.79 Å². The van der Waals surface area contributed by atoms with E-state index in [4.69, 9.17) is 16.1 Å². The summed E-state index contributed by atoms with van der Waals surface area (Å²) in [6.45, 7) is 3.67. The number of benzene rings is 1. The molecule has 1 fully saturated rings. The van der Waals surface area contributed by atoms with Crippen molar-refractivity contribution in [3.63, 3.8) is 0 Å². The van der Waals surface area contributed by atoms with Gasteiger partial charge < -0.3 is 14.3 Å². The molecule has 0 saturated carbocycles. The van der Waals surface area contributed by atoms with E-state index in [-0.39, 0.29) is 5.91 Å². The molecule has 0 bridgehead atoms. The molecule has 3 rings (SSSR count). The Hall–Kier alpha value is -1.92. The van der Waals surface area contributed by atoms with Crippen LogP contribution in [-0.4, -0.2) is 59.1 Å². The van der Waals surface area contributed by atoms with Crippen LogP contribution < -0.4 is 0 Å². The molecule has 0 spiro atoms. The van der Waals surface area contributed by atoms with E-state index >= 15 is 0 Å². The molecular formula is C18H23ClN4O2. The van der Waals surface area contributed by atoms with Gasteiger partial charge in [-0.15, -0.1) is 0 Å². The van der Waals surface area contributed by atoms with Gasteiger partial charge in [0.25, 0.3) is 0 Å². The molecule has 0 radical (unpaired) electrons. The van der Waals surface area contributed by atoms with Crippen LogP contribution in [0.3, 0.4) is 0 Å². The third kappa shape index (κ3) is 5.03. The van der Waals surface area contributed by atoms with Crippen molar-refractivity contribution >= 4 is 17.5 Å². The molecule has 25 heavy (non-hydrogen) atoms. The molecule has 1 amide bonds. The van der Waals surface area contributed by atoms with Crippen LogP contribution in [0.5, 0.6) is 0 Å². The highest BCUT2D eigenvalue weighted by Gasteiger charge is 2.17. The Morgan fingerprint density at radius 2 is 2.00 bits per heavy atom. The minimum Gasteiger partial charge on any atom is -0.341 e. The average molecular weight is 363 g/mol. The Balaban J connectivity index is 1.47. The third-order valence-corrected chi connectivity index (χ3v) is 4.68. The zero-order valence-electron chi connectivity index (χ0n) is 14.4. The fourth-order valence-electron chi connectivity index (χ4n) is 2.92. The number of halogens is 1. The van der Waals surface area contributed by atoms with E-state index in [1.54, 1.807) is 12.1 Å². The highest BCUT2D eigenvalue weighted by atomic mass is 35.5. The number of carbonyl (C=O) groups excluding carboxylic acids is 1. The van der Waals surface area contributed by atoms with Gasteiger partial charge in [-0.05, 0) is 50.7 Å². The molecule has 0 atom stereocenters. The Labute approximate surface area is 152 Å². The van der Waals surface area contributed by atoms with E-state index in [9.17, 15) is 4.79 Å². The molecule has 1 aliphatic rings. The van der Waals surface area contributed by atoms with Crippen molar-refractivity contribution < 1.29 is 9.32 Å². The molecular weight excluding hydrogens is 340 g/mol. The number of carbonyl (C=O) groups is 1. The monoisotopic (exact) mass is 362 g/mol. The van der Waals surface area contributed by atoms with Crippen molar-refractivity contribution in [1.29, 1.82) is 0 Å². The maximum absolute atomic E-state index is 12.3. The number of hydrogen-bond acceptors (Lipinski definition) is 5. The van der Waals surface area contributed by atoms with Crippen molar-refractivity contribution in [3.8, 4) is 11.4 Å². The summed E-state index contributed by atoms with van der Waals surface area (Å²) in [6, 6.07) is 7.31. The summed E-state index contributed by atoms with van der Waals surface area (Å²) in [6.07, 6.45) is 2.88. The largest absolute Gasteiger partial charge is 0.341 e. The molecule has 6 nitrogen and oxygen atoms in total. The van der Waals surface area contributed by atoms with Crippen molar-refractivity contribution in [2.45, 2.75) is 25.7 Å². The lowest BCUT2D eigenvalue weighted by molar-refractivity contribution is -0.131. The van der Waals surface area contributed by atoms with Gasteiger partial charge in [0.05, 0.1) is 0 Å². The first kappa shape index (κ1) is 17.9. The van der Waals surface area contributed by atoms with E-state index in [1.807, 2.05) is 17.0 Å². The second kappa shape index (κ2) is 8.45. The lowest BCUT2D eigenvalue weighted by Gasteiger charge is -2.20. The molecule has 7 heteroatoms. The topological polar surface area (TPSA) is 62.5 Å². The predicted molar refractivity (Wildman–Crippen MR) is 96.4 cm³/mol. The van der Waals surface area contributed by atoms with Gasteiger partial charge in [0, 0.05) is 43.1 Å². The summed E-state index contributed by atoms with van der Waals surface area (Å²) in [5.74, 6) is 1.33. The summed E-state index contributed by atoms with van der Waals surface area (Å²) in [7, 11) is 2.10. The van der Waals surface area contributed by atoms with E-state index in [1.165, 1.54) is 0 Å². The smallest absolute Gasteiger partial charge is 0.226 e. The highest BCUT2D eigenvalue weighted by molar-refractivity contribution is 6.30. The zero-order chi connectivity index (χ0) is 17.6. The van der Waals surface area contributed by atoms with E-state index < -0.39 is 0 Å². The van der Waals surface area contributed by atoms with Gasteiger partial charge in [0.1, 0.15) is 0 Å². The molecule has 0 aliphatic carbocycles. The summed E-state index contributed by atoms with van der Waals surface area (Å²) in [5.41, 5.74) is 0.865. The van der Waals surface area contributed by atoms with E-state index in [2.05, 4.69) is 22.1 Å². The van der Waals surface area contributed by atoms with Crippen molar-refractivity contribution in [2.24, 2.45) is 0 Å². The summed E-state index contributed by atoms with van der Waals surface area (Å²) in [4.78, 5) is 21.0. The standard InChI is InChI=1S/C18H23ClN4O2/c1-22-10-3-11-23(13-12-22)17(24)5-2-4-16-20-18(21-25-16)14-6-8-15(19)9-7-14/h6-9H,2-5,10-13H2,1H3. The lowest BCUT2D eigenvalue weighted by atomic mass is 10.2. The number of amides is 1. The Kier molecular flexibility index (Phi) is 6.04. The minimum atomic E-state index is 0.216. The number of hydrogen-bond donors (Lipinski definition) is 0. The highest BCUT2D eigenvalue weighted by Crippen LogP contribution is 2.19. The predicted octanol–water partition coefficient (Wildman–Crippen LogP) is 2.88. The summed E-state index contributed by atoms with van der Waals surface area (Å²) >= 11 is 5.88. The number of nitrogens with zero attached hydrogens (tertiary/aromatic N) is 4. The lowest BCUT2D eigenvalue weighted by Crippen LogP contribution is -2.34. The van der Waals surface area contributed by atoms with Crippen LogP contribution in [0.25, 0.3) is 11.4 Å². The molecule has 0 N–H and O–H groups in total. The van der Waals surface area contributed by atoms with Crippen LogP contribution in [0.2, 0.25) is 5.02 Å². The van der Waals surface area contributed by atoms with Gasteiger partial charge in [0.15, 0.2) is 0 Å². The van der Waals surface area contributed by atoms with Crippen LogP contribution in [-0.2, 0) is 11.2 Å². The molecule has 1 saturated heterocycles. The summed E-state index contributed by atoms with van der Waals surface area (Å²) in [5, 5.41) is 4.67. The molecule has 134 valence electrons. The van der Waals surface area contributed by atoms with E-state index in [0.29, 0.717) is 36.0 Å². The number of aryl methyl sites for hydroxylation is 1. The molecule has 1 aromatic heterocycles. The second-order valence-corrected chi connectivity index (χ2v) is 6.85. The SMILES string of the molecule is CN1CCCN(C(=O)CCCc2nc(-c3ccc(Cl)cc3)no2)CC1. The molecule has 0 unspecified atom stereocenters. The Morgan fingerprint density at radius 3 is 2.80 bits per heavy atom. The summed E-state index contributed by atoms with van der Waals surface area (Å²) < 4.78 is 5.28. The first-order valence-corrected chi connectivity index (χ1v) is 9.04. The maximum Gasteiger partial charge on any atom is 0.226 e. The van der Waals surface area contributed by atoms with Crippen LogP contribution in [0, 0.1) is 0 Å². The quantitative estimate of drug-likeness (QED) is 0.818. The van der Waals surface area contributed by atoms with Crippen LogP contribution in [0.15, 0.2) is 28.8 Å². The van der Waals surface area contributed by atoms with Gasteiger partial charge in [-0.1, -0.05) is 16.8 Å². The Bertz CT molecular complexity index is 701. The van der Waals surface area contributed by atoms with Gasteiger partial charge in [0.2, 0.25) is 17.6 Å². The zero-order valence-corrected chi connectivity index (χ0v) is 15.2. The van der Waals surface area contributed by atoms with Crippen LogP contribution in [0.4, 0.5) is 0 Å². The van der Waals surface area contributed by atoms with E-state index in [0.717, 1.165) is 38.2 Å². The number of aromatic nitrogens is 2. The first-order chi connectivity index (χ1) is 12.1. The third-order valence-electron chi connectivity index (χ3n) is 4.42. The fraction of sp³-hybridized carbons (Fsp3) is 0.500. The Morgan fingerprint density at radius 1 is 1.20 bits per heavy atom. The number of likely N-dealkylation sites (N-methyl/N-ethyl adjacent to an activating group) is 1. The average Bonchev–Trinajstić information content (AvgIpc) is 2.96. The van der Waals surface area contributed by atoms with Crippen molar-refractivity contribution in [1.82, 2.24) is 19.9 Å². The number of rotatable bonds is 5. The molecule has 1 aromatic carbocycles. The minimum absolute atomic E-state index is 0.216. The van der Waals surface area contributed by atoms with Crippen LogP contribution in [0.1, 0.15) is 25.2 Å². The van der Waals surface area contributed by atoms with Gasteiger partial charge in [-0.2, -0.15) is 4.98 Å². The molecule has 2 aromatic rings. The van der Waals surface area contributed by atoms with Crippen molar-refractivity contribution in [3.05, 3.63) is 35.2 Å². The normalized spacial score (nSPS) is 16.0. The molecule has 1 aliphatic heterocycles. The van der Waals surface area contributed by atoms with Crippen LogP contribution >= 0.6 is 11.6 Å². The fourth-order valence-corrected chi connectivity index (χ4v) is 3.04. The second-order valence-electron chi connectivity index (χ2n) is 6.41. The first-order valence-electron chi connectivity index (χ1n) is 8.66. The molecule has 2 heterocycles. The van der Waals surface area contributed by atoms with Gasteiger partial charge >= 0.3 is 0 Å².